The van der Waals surface area contributed by atoms with E-state index in [4.69, 9.17) is 9.51 Å². The van der Waals surface area contributed by atoms with E-state index in [0.717, 1.165) is 11.3 Å². The number of hydrogen-bond donors (Lipinski definition) is 1. The molecule has 3 aromatic heterocycles. The maximum Gasteiger partial charge on any atom is 0.256 e. The Morgan fingerprint density at radius 3 is 2.48 bits per heavy atom. The van der Waals surface area contributed by atoms with Gasteiger partial charge in [0.1, 0.15) is 11.4 Å². The zero-order valence-corrected chi connectivity index (χ0v) is 17.1. The Labute approximate surface area is 168 Å². The van der Waals surface area contributed by atoms with Crippen LogP contribution in [-0.2, 0) is 0 Å². The van der Waals surface area contributed by atoms with Crippen LogP contribution < -0.4 is 5.32 Å². The summed E-state index contributed by atoms with van der Waals surface area (Å²) in [5.41, 5.74) is 5.26. The fraction of sp³-hybridized carbons (Fsp3) is 0.273. The molecule has 0 fully saturated rings. The van der Waals surface area contributed by atoms with Crippen LogP contribution in [0, 0.1) is 20.8 Å². The summed E-state index contributed by atoms with van der Waals surface area (Å²) in [7, 11) is 0. The second-order valence-electron chi connectivity index (χ2n) is 7.49. The lowest BCUT2D eigenvalue weighted by atomic mass is 10.0. The third-order valence-corrected chi connectivity index (χ3v) is 4.92. The number of nitrogens with zero attached hydrogens (tertiary/aromatic N) is 4. The zero-order valence-electron chi connectivity index (χ0n) is 17.1. The molecule has 0 aliphatic heterocycles. The standard InChI is InChI=1S/C22H23N5O2/c1-12(2)27-21-18(11-23-27)17(22(28)25-20-14(4)26-29-15(20)5)10-19(24-21)16-8-6-13(3)7-9-16/h6-12H,1-5H3,(H,25,28). The summed E-state index contributed by atoms with van der Waals surface area (Å²) in [6.45, 7) is 9.68. The van der Waals surface area contributed by atoms with Crippen molar-refractivity contribution in [3.05, 3.63) is 59.1 Å². The summed E-state index contributed by atoms with van der Waals surface area (Å²) >= 11 is 0. The lowest BCUT2D eigenvalue weighted by Crippen LogP contribution is -2.14. The van der Waals surface area contributed by atoms with E-state index >= 15 is 0 Å². The van der Waals surface area contributed by atoms with E-state index in [9.17, 15) is 4.79 Å². The number of anilines is 1. The minimum absolute atomic E-state index is 0.117. The number of aryl methyl sites for hydroxylation is 3. The minimum Gasteiger partial charge on any atom is -0.359 e. The monoisotopic (exact) mass is 389 g/mol. The van der Waals surface area contributed by atoms with Gasteiger partial charge in [-0.05, 0) is 40.7 Å². The normalized spacial score (nSPS) is 11.4. The van der Waals surface area contributed by atoms with E-state index in [2.05, 4.69) is 15.6 Å². The zero-order chi connectivity index (χ0) is 20.7. The molecule has 0 spiro atoms. The van der Waals surface area contributed by atoms with Gasteiger partial charge in [0, 0.05) is 11.6 Å². The third-order valence-electron chi connectivity index (χ3n) is 4.92. The van der Waals surface area contributed by atoms with Crippen LogP contribution in [0.3, 0.4) is 0 Å². The first-order valence-electron chi connectivity index (χ1n) is 9.54. The van der Waals surface area contributed by atoms with Crippen molar-refractivity contribution in [2.75, 3.05) is 5.32 Å². The second kappa shape index (κ2) is 7.16. The van der Waals surface area contributed by atoms with Crippen molar-refractivity contribution in [2.24, 2.45) is 0 Å². The first-order valence-corrected chi connectivity index (χ1v) is 9.54. The molecule has 0 atom stereocenters. The quantitative estimate of drug-likeness (QED) is 0.539. The van der Waals surface area contributed by atoms with Gasteiger partial charge in [-0.15, -0.1) is 0 Å². The number of rotatable bonds is 4. The molecule has 1 amide bonds. The fourth-order valence-electron chi connectivity index (χ4n) is 3.30. The number of amides is 1. The van der Waals surface area contributed by atoms with E-state index in [1.165, 1.54) is 5.56 Å². The van der Waals surface area contributed by atoms with Crippen LogP contribution in [-0.4, -0.2) is 25.8 Å². The smallest absolute Gasteiger partial charge is 0.256 e. The molecule has 0 saturated carbocycles. The van der Waals surface area contributed by atoms with Crippen molar-refractivity contribution >= 4 is 22.6 Å². The predicted octanol–water partition coefficient (Wildman–Crippen LogP) is 4.84. The van der Waals surface area contributed by atoms with Gasteiger partial charge in [0.05, 0.1) is 22.8 Å². The molecule has 1 aromatic carbocycles. The molecule has 4 aromatic rings. The molecule has 0 radical (unpaired) electrons. The van der Waals surface area contributed by atoms with Gasteiger partial charge in [-0.2, -0.15) is 5.10 Å². The van der Waals surface area contributed by atoms with Gasteiger partial charge in [0.2, 0.25) is 0 Å². The van der Waals surface area contributed by atoms with E-state index in [-0.39, 0.29) is 11.9 Å². The highest BCUT2D eigenvalue weighted by atomic mass is 16.5. The highest BCUT2D eigenvalue weighted by Gasteiger charge is 2.20. The van der Waals surface area contributed by atoms with Crippen molar-refractivity contribution in [1.29, 1.82) is 0 Å². The largest absolute Gasteiger partial charge is 0.359 e. The van der Waals surface area contributed by atoms with E-state index < -0.39 is 0 Å². The van der Waals surface area contributed by atoms with E-state index in [1.54, 1.807) is 20.0 Å². The maximum atomic E-state index is 13.2. The molecule has 0 saturated heterocycles. The van der Waals surface area contributed by atoms with Gasteiger partial charge in [-0.25, -0.2) is 9.67 Å². The molecule has 4 rings (SSSR count). The molecule has 0 aliphatic rings. The van der Waals surface area contributed by atoms with Crippen LogP contribution in [0.15, 0.2) is 41.1 Å². The summed E-state index contributed by atoms with van der Waals surface area (Å²) < 4.78 is 7.00. The average molecular weight is 389 g/mol. The third kappa shape index (κ3) is 3.40. The number of fused-ring (bicyclic) bond motifs is 1. The first-order chi connectivity index (χ1) is 13.8. The average Bonchev–Trinajstić information content (AvgIpc) is 3.26. The van der Waals surface area contributed by atoms with E-state index in [1.807, 2.05) is 55.8 Å². The lowest BCUT2D eigenvalue weighted by Gasteiger charge is -2.11. The molecule has 29 heavy (non-hydrogen) atoms. The minimum atomic E-state index is -0.247. The number of pyridine rings is 1. The fourth-order valence-corrected chi connectivity index (χ4v) is 3.30. The van der Waals surface area contributed by atoms with Crippen molar-refractivity contribution < 1.29 is 9.32 Å². The predicted molar refractivity (Wildman–Crippen MR) is 112 cm³/mol. The Balaban J connectivity index is 1.87. The van der Waals surface area contributed by atoms with Gasteiger partial charge in [-0.1, -0.05) is 35.0 Å². The molecule has 1 N–H and O–H groups in total. The Morgan fingerprint density at radius 2 is 1.86 bits per heavy atom. The van der Waals surface area contributed by atoms with Gasteiger partial charge in [0.15, 0.2) is 11.4 Å². The number of nitrogens with one attached hydrogen (secondary N) is 1. The molecular formula is C22H23N5O2. The highest BCUT2D eigenvalue weighted by molar-refractivity contribution is 6.13. The van der Waals surface area contributed by atoms with Crippen LogP contribution >= 0.6 is 0 Å². The maximum absolute atomic E-state index is 13.2. The Morgan fingerprint density at radius 1 is 1.14 bits per heavy atom. The summed E-state index contributed by atoms with van der Waals surface area (Å²) in [6.07, 6.45) is 1.70. The number of hydrogen-bond acceptors (Lipinski definition) is 5. The van der Waals surface area contributed by atoms with E-state index in [0.29, 0.717) is 33.7 Å². The topological polar surface area (TPSA) is 85.8 Å². The molecule has 0 aliphatic carbocycles. The van der Waals surface area contributed by atoms with Crippen LogP contribution in [0.2, 0.25) is 0 Å². The molecule has 0 bridgehead atoms. The first kappa shape index (κ1) is 18.9. The van der Waals surface area contributed by atoms with Crippen LogP contribution in [0.5, 0.6) is 0 Å². The number of carbonyl (C=O) groups is 1. The number of benzene rings is 1. The van der Waals surface area contributed by atoms with Crippen LogP contribution in [0.1, 0.15) is 47.3 Å². The van der Waals surface area contributed by atoms with Crippen molar-refractivity contribution in [3.63, 3.8) is 0 Å². The lowest BCUT2D eigenvalue weighted by molar-refractivity contribution is 0.102. The van der Waals surface area contributed by atoms with Gasteiger partial charge in [0.25, 0.3) is 5.91 Å². The second-order valence-corrected chi connectivity index (χ2v) is 7.49. The molecule has 148 valence electrons. The van der Waals surface area contributed by atoms with Crippen molar-refractivity contribution in [3.8, 4) is 11.3 Å². The molecular weight excluding hydrogens is 366 g/mol. The molecule has 7 heteroatoms. The molecule has 7 nitrogen and oxygen atoms in total. The van der Waals surface area contributed by atoms with Crippen LogP contribution in [0.4, 0.5) is 5.69 Å². The summed E-state index contributed by atoms with van der Waals surface area (Å²) in [5, 5.41) is 12.0. The Bertz CT molecular complexity index is 1180. The van der Waals surface area contributed by atoms with Crippen molar-refractivity contribution in [2.45, 2.75) is 40.7 Å². The highest BCUT2D eigenvalue weighted by Crippen LogP contribution is 2.28. The van der Waals surface area contributed by atoms with Crippen LogP contribution in [0.25, 0.3) is 22.3 Å². The summed E-state index contributed by atoms with van der Waals surface area (Å²) in [4.78, 5) is 18.0. The van der Waals surface area contributed by atoms with Gasteiger partial charge < -0.3 is 9.84 Å². The number of carbonyl (C=O) groups excluding carboxylic acids is 1. The SMILES string of the molecule is Cc1ccc(-c2cc(C(=O)Nc3c(C)noc3C)c3cnn(C(C)C)c3n2)cc1. The van der Waals surface area contributed by atoms with Gasteiger partial charge in [-0.3, -0.25) is 4.79 Å². The molecule has 3 heterocycles. The Kier molecular flexibility index (Phi) is 4.66. The van der Waals surface area contributed by atoms with Gasteiger partial charge >= 0.3 is 0 Å². The summed E-state index contributed by atoms with van der Waals surface area (Å²) in [5.74, 6) is 0.321. The van der Waals surface area contributed by atoms with Crippen molar-refractivity contribution in [1.82, 2.24) is 19.9 Å². The Hall–Kier alpha value is -3.48. The molecule has 0 unspecified atom stereocenters. The summed E-state index contributed by atoms with van der Waals surface area (Å²) in [6, 6.07) is 10.0. The number of aromatic nitrogens is 4.